The summed E-state index contributed by atoms with van der Waals surface area (Å²) in [6.07, 6.45) is 0. The molecule has 0 spiro atoms. The van der Waals surface area contributed by atoms with E-state index in [-0.39, 0.29) is 5.88 Å². The highest BCUT2D eigenvalue weighted by molar-refractivity contribution is 5.63. The first-order chi connectivity index (χ1) is 12.5. The average Bonchev–Trinajstić information content (AvgIpc) is 2.65. The van der Waals surface area contributed by atoms with E-state index >= 15 is 0 Å². The van der Waals surface area contributed by atoms with Crippen molar-refractivity contribution in [1.29, 1.82) is 5.26 Å². The number of rotatable bonds is 4. The van der Waals surface area contributed by atoms with Crippen LogP contribution in [0.15, 0.2) is 41.8 Å². The molecule has 7 heteroatoms. The fraction of sp³-hybridized carbons (Fsp3) is 0.211. The molecular formula is C19H19N3O4. The van der Waals surface area contributed by atoms with Crippen LogP contribution < -0.4 is 30.4 Å². The zero-order valence-corrected chi connectivity index (χ0v) is 14.7. The van der Waals surface area contributed by atoms with Crippen LogP contribution >= 0.6 is 0 Å². The normalized spacial score (nSPS) is 15.5. The molecule has 0 saturated carbocycles. The lowest BCUT2D eigenvalue weighted by atomic mass is 9.83. The van der Waals surface area contributed by atoms with Crippen LogP contribution in [0.4, 0.5) is 5.69 Å². The van der Waals surface area contributed by atoms with Crippen molar-refractivity contribution in [3.05, 3.63) is 52.9 Å². The van der Waals surface area contributed by atoms with E-state index < -0.39 is 5.92 Å². The molecule has 0 aliphatic carbocycles. The summed E-state index contributed by atoms with van der Waals surface area (Å²) in [5.74, 6) is 1.56. The number of nitrogens with zero attached hydrogens (tertiary/aromatic N) is 1. The molecule has 0 saturated heterocycles. The first kappa shape index (κ1) is 17.3. The van der Waals surface area contributed by atoms with Crippen molar-refractivity contribution in [2.24, 2.45) is 5.73 Å². The van der Waals surface area contributed by atoms with Crippen molar-refractivity contribution in [3.63, 3.8) is 0 Å². The Labute approximate surface area is 151 Å². The zero-order valence-electron chi connectivity index (χ0n) is 14.7. The molecule has 3 rings (SSSR count). The van der Waals surface area contributed by atoms with Crippen LogP contribution in [0.3, 0.4) is 0 Å². The Hall–Kier alpha value is -3.53. The van der Waals surface area contributed by atoms with Gasteiger partial charge in [-0.2, -0.15) is 5.26 Å². The van der Waals surface area contributed by atoms with Gasteiger partial charge < -0.3 is 30.4 Å². The van der Waals surface area contributed by atoms with Gasteiger partial charge in [0.2, 0.25) is 11.6 Å². The highest BCUT2D eigenvalue weighted by atomic mass is 16.5. The van der Waals surface area contributed by atoms with E-state index in [2.05, 4.69) is 6.07 Å². The lowest BCUT2D eigenvalue weighted by molar-refractivity contribution is 0.323. The number of nitriles is 1. The molecule has 26 heavy (non-hydrogen) atoms. The van der Waals surface area contributed by atoms with Gasteiger partial charge in [0.1, 0.15) is 17.4 Å². The number of hydrogen-bond acceptors (Lipinski definition) is 7. The Bertz CT molecular complexity index is 906. The molecule has 2 aromatic rings. The van der Waals surface area contributed by atoms with Gasteiger partial charge in [-0.15, -0.1) is 0 Å². The third kappa shape index (κ3) is 2.71. The number of nitrogens with two attached hydrogens (primary N) is 2. The minimum Gasteiger partial charge on any atom is -0.493 e. The molecule has 1 heterocycles. The Balaban J connectivity index is 2.26. The molecular weight excluding hydrogens is 334 g/mol. The van der Waals surface area contributed by atoms with Crippen molar-refractivity contribution in [2.45, 2.75) is 5.92 Å². The van der Waals surface area contributed by atoms with Gasteiger partial charge in [-0.05, 0) is 23.8 Å². The van der Waals surface area contributed by atoms with Crippen molar-refractivity contribution >= 4 is 5.69 Å². The van der Waals surface area contributed by atoms with E-state index in [0.29, 0.717) is 34.3 Å². The summed E-state index contributed by atoms with van der Waals surface area (Å²) in [4.78, 5) is 0. The Morgan fingerprint density at radius 2 is 1.65 bits per heavy atom. The van der Waals surface area contributed by atoms with Crippen molar-refractivity contribution in [3.8, 4) is 29.1 Å². The van der Waals surface area contributed by atoms with E-state index in [1.165, 1.54) is 21.3 Å². The molecule has 0 bridgehead atoms. The van der Waals surface area contributed by atoms with Gasteiger partial charge >= 0.3 is 0 Å². The maximum Gasteiger partial charge on any atom is 0.205 e. The molecule has 0 aromatic heterocycles. The summed E-state index contributed by atoms with van der Waals surface area (Å²) < 4.78 is 21.8. The lowest BCUT2D eigenvalue weighted by Gasteiger charge is -2.27. The van der Waals surface area contributed by atoms with Crippen LogP contribution in [-0.2, 0) is 0 Å². The summed E-state index contributed by atoms with van der Waals surface area (Å²) in [5.41, 5.74) is 14.2. The number of ether oxygens (including phenoxy) is 4. The van der Waals surface area contributed by atoms with Gasteiger partial charge in [-0.1, -0.05) is 6.07 Å². The number of nitrogen functional groups attached to an aromatic ring is 1. The van der Waals surface area contributed by atoms with Crippen molar-refractivity contribution < 1.29 is 18.9 Å². The van der Waals surface area contributed by atoms with E-state index in [1.807, 2.05) is 6.07 Å². The van der Waals surface area contributed by atoms with Gasteiger partial charge in [-0.25, -0.2) is 0 Å². The van der Waals surface area contributed by atoms with Crippen LogP contribution in [0.1, 0.15) is 17.0 Å². The van der Waals surface area contributed by atoms with Crippen LogP contribution in [0, 0.1) is 11.3 Å². The molecule has 0 radical (unpaired) electrons. The fourth-order valence-electron chi connectivity index (χ4n) is 3.08. The molecule has 1 aliphatic heterocycles. The molecule has 1 unspecified atom stereocenters. The van der Waals surface area contributed by atoms with Crippen molar-refractivity contribution in [2.75, 3.05) is 27.1 Å². The number of anilines is 1. The second-order valence-electron chi connectivity index (χ2n) is 5.68. The summed E-state index contributed by atoms with van der Waals surface area (Å²) in [6, 6.07) is 11.0. The molecule has 0 fully saturated rings. The number of fused-ring (bicyclic) bond motifs is 1. The number of benzene rings is 2. The number of hydrogen-bond donors (Lipinski definition) is 2. The van der Waals surface area contributed by atoms with E-state index in [0.717, 1.165) is 11.1 Å². The monoisotopic (exact) mass is 353 g/mol. The Morgan fingerprint density at radius 1 is 1.00 bits per heavy atom. The average molecular weight is 353 g/mol. The summed E-state index contributed by atoms with van der Waals surface area (Å²) >= 11 is 0. The molecule has 1 atom stereocenters. The molecule has 4 N–H and O–H groups in total. The Kier molecular flexibility index (Phi) is 4.50. The first-order valence-corrected chi connectivity index (χ1v) is 7.81. The van der Waals surface area contributed by atoms with Gasteiger partial charge in [0.25, 0.3) is 0 Å². The minimum atomic E-state index is -0.446. The first-order valence-electron chi connectivity index (χ1n) is 7.81. The zero-order chi connectivity index (χ0) is 18.8. The third-order valence-corrected chi connectivity index (χ3v) is 4.26. The Morgan fingerprint density at radius 3 is 2.19 bits per heavy atom. The fourth-order valence-corrected chi connectivity index (χ4v) is 3.08. The maximum atomic E-state index is 9.65. The highest BCUT2D eigenvalue weighted by Gasteiger charge is 2.32. The molecule has 0 amide bonds. The van der Waals surface area contributed by atoms with Crippen LogP contribution in [-0.4, -0.2) is 21.3 Å². The smallest absolute Gasteiger partial charge is 0.205 e. The lowest BCUT2D eigenvalue weighted by Crippen LogP contribution is -2.21. The van der Waals surface area contributed by atoms with Crippen LogP contribution in [0.2, 0.25) is 0 Å². The highest BCUT2D eigenvalue weighted by Crippen LogP contribution is 2.47. The molecule has 2 aromatic carbocycles. The minimum absolute atomic E-state index is 0.0457. The standard InChI is InChI=1S/C19H19N3O4/c1-23-15-6-10(7-16(24-2)18(15)25-3)17-12-5-4-11(21)8-14(12)26-19(22)13(17)9-20/h4-8,17H,21-22H2,1-3H3. The molecule has 134 valence electrons. The summed E-state index contributed by atoms with van der Waals surface area (Å²) in [6.45, 7) is 0. The maximum absolute atomic E-state index is 9.65. The number of allylic oxidation sites excluding steroid dienone is 1. The SMILES string of the molecule is COc1cc(C2C(C#N)=C(N)Oc3cc(N)ccc32)cc(OC)c1OC. The largest absolute Gasteiger partial charge is 0.493 e. The topological polar surface area (TPSA) is 113 Å². The van der Waals surface area contributed by atoms with E-state index in [4.69, 9.17) is 30.4 Å². The second kappa shape index (κ2) is 6.76. The van der Waals surface area contributed by atoms with E-state index in [1.54, 1.807) is 24.3 Å². The van der Waals surface area contributed by atoms with E-state index in [9.17, 15) is 5.26 Å². The summed E-state index contributed by atoms with van der Waals surface area (Å²) in [7, 11) is 4.61. The molecule has 7 nitrogen and oxygen atoms in total. The van der Waals surface area contributed by atoms with Gasteiger partial charge in [0.05, 0.1) is 27.2 Å². The predicted molar refractivity (Wildman–Crippen MR) is 96.2 cm³/mol. The quantitative estimate of drug-likeness (QED) is 0.812. The second-order valence-corrected chi connectivity index (χ2v) is 5.68. The van der Waals surface area contributed by atoms with Gasteiger partial charge in [0.15, 0.2) is 11.5 Å². The molecule has 1 aliphatic rings. The van der Waals surface area contributed by atoms with Crippen LogP contribution in [0.5, 0.6) is 23.0 Å². The number of methoxy groups -OCH3 is 3. The van der Waals surface area contributed by atoms with Gasteiger partial charge in [-0.3, -0.25) is 0 Å². The summed E-state index contributed by atoms with van der Waals surface area (Å²) in [5, 5.41) is 9.65. The predicted octanol–water partition coefficient (Wildman–Crippen LogP) is 2.51. The van der Waals surface area contributed by atoms with Gasteiger partial charge in [0, 0.05) is 17.3 Å². The van der Waals surface area contributed by atoms with Crippen LogP contribution in [0.25, 0.3) is 0 Å². The van der Waals surface area contributed by atoms with Crippen molar-refractivity contribution in [1.82, 2.24) is 0 Å². The third-order valence-electron chi connectivity index (χ3n) is 4.26.